The van der Waals surface area contributed by atoms with E-state index < -0.39 is 0 Å². The Kier molecular flexibility index (Phi) is 5.16. The Labute approximate surface area is 196 Å². The molecule has 5 nitrogen and oxygen atoms in total. The van der Waals surface area contributed by atoms with Crippen LogP contribution in [0, 0.1) is 5.92 Å². The Hall–Kier alpha value is -2.82. The van der Waals surface area contributed by atoms with Crippen molar-refractivity contribution in [3.63, 3.8) is 0 Å². The van der Waals surface area contributed by atoms with E-state index in [2.05, 4.69) is 36.1 Å². The fraction of sp³-hybridized carbons (Fsp3) is 0.500. The van der Waals surface area contributed by atoms with E-state index in [0.717, 1.165) is 48.8 Å². The van der Waals surface area contributed by atoms with E-state index in [0.29, 0.717) is 18.8 Å². The van der Waals surface area contributed by atoms with Crippen molar-refractivity contribution in [3.05, 3.63) is 46.5 Å². The predicted octanol–water partition coefficient (Wildman–Crippen LogP) is 6.20. The molecule has 3 heterocycles. The molecular formula is C28H33NO4. The van der Waals surface area contributed by atoms with Gasteiger partial charge in [0.15, 0.2) is 23.0 Å². The molecule has 1 aliphatic carbocycles. The van der Waals surface area contributed by atoms with Crippen LogP contribution in [-0.4, -0.2) is 32.5 Å². The van der Waals surface area contributed by atoms with E-state index in [1.807, 2.05) is 0 Å². The van der Waals surface area contributed by atoms with Gasteiger partial charge in [-0.25, -0.2) is 0 Å². The first-order valence-corrected chi connectivity index (χ1v) is 12.4. The van der Waals surface area contributed by atoms with E-state index >= 15 is 0 Å². The number of allylic oxidation sites excluding steroid dienone is 1. The second-order valence-electron chi connectivity index (χ2n) is 9.63. The smallest absolute Gasteiger partial charge is 0.231 e. The number of benzene rings is 2. The normalized spacial score (nSPS) is 21.1. The summed E-state index contributed by atoms with van der Waals surface area (Å²) in [6.45, 7) is 3.59. The second-order valence-corrected chi connectivity index (χ2v) is 9.63. The van der Waals surface area contributed by atoms with Gasteiger partial charge in [0.2, 0.25) is 6.79 Å². The molecule has 0 radical (unpaired) electrons. The SMILES string of the molecule is CCCC1=C2c3cc4c(cc3CCN2[C@H](C2CCCC2)c2c1ccc(OC)c2OC)OCO4. The lowest BCUT2D eigenvalue weighted by Crippen LogP contribution is -2.40. The first-order chi connectivity index (χ1) is 16.2. The molecule has 2 aromatic rings. The Bertz CT molecular complexity index is 1120. The van der Waals surface area contributed by atoms with Crippen LogP contribution < -0.4 is 18.9 Å². The molecule has 3 aliphatic heterocycles. The highest BCUT2D eigenvalue weighted by atomic mass is 16.7. The van der Waals surface area contributed by atoms with E-state index in [1.54, 1.807) is 14.2 Å². The zero-order valence-electron chi connectivity index (χ0n) is 19.9. The highest BCUT2D eigenvalue weighted by molar-refractivity contribution is 5.95. The molecule has 0 spiro atoms. The average molecular weight is 448 g/mol. The molecule has 6 rings (SSSR count). The van der Waals surface area contributed by atoms with Crippen molar-refractivity contribution in [2.24, 2.45) is 5.92 Å². The van der Waals surface area contributed by atoms with Gasteiger partial charge in [-0.3, -0.25) is 0 Å². The van der Waals surface area contributed by atoms with Crippen LogP contribution in [-0.2, 0) is 6.42 Å². The molecule has 0 N–H and O–H groups in total. The number of rotatable bonds is 5. The maximum Gasteiger partial charge on any atom is 0.231 e. The average Bonchev–Trinajstić information content (AvgIpc) is 3.53. The third-order valence-electron chi connectivity index (χ3n) is 7.94. The summed E-state index contributed by atoms with van der Waals surface area (Å²) in [5, 5.41) is 0. The van der Waals surface area contributed by atoms with E-state index in [4.69, 9.17) is 18.9 Å². The highest BCUT2D eigenvalue weighted by Crippen LogP contribution is 2.57. The lowest BCUT2D eigenvalue weighted by Gasteiger charge is -2.48. The first kappa shape index (κ1) is 20.8. The standard InChI is InChI=1S/C28H33NO4/c1-4-7-20-19-10-11-22(30-2)28(31-3)25(19)26(17-8-5-6-9-17)29-13-12-18-14-23-24(33-16-32-23)15-21(18)27(20)29/h10-11,14-15,17,26H,4-9,12-13,16H2,1-3H3/t26-/m1/s1. The Morgan fingerprint density at radius 1 is 1.00 bits per heavy atom. The Morgan fingerprint density at radius 2 is 1.79 bits per heavy atom. The van der Waals surface area contributed by atoms with Gasteiger partial charge in [-0.05, 0) is 66.5 Å². The predicted molar refractivity (Wildman–Crippen MR) is 129 cm³/mol. The topological polar surface area (TPSA) is 40.2 Å². The van der Waals surface area contributed by atoms with Crippen molar-refractivity contribution in [2.75, 3.05) is 27.6 Å². The minimum absolute atomic E-state index is 0.307. The third-order valence-corrected chi connectivity index (χ3v) is 7.94. The van der Waals surface area contributed by atoms with Crippen LogP contribution in [0.15, 0.2) is 24.3 Å². The fourth-order valence-electron chi connectivity index (χ4n) is 6.59. The zero-order valence-corrected chi connectivity index (χ0v) is 19.9. The van der Waals surface area contributed by atoms with E-state index in [-0.39, 0.29) is 0 Å². The molecule has 0 aromatic heterocycles. The molecule has 0 unspecified atom stereocenters. The van der Waals surface area contributed by atoms with E-state index in [9.17, 15) is 0 Å². The monoisotopic (exact) mass is 447 g/mol. The highest BCUT2D eigenvalue weighted by Gasteiger charge is 2.43. The molecule has 33 heavy (non-hydrogen) atoms. The summed E-state index contributed by atoms with van der Waals surface area (Å²) in [6.07, 6.45) is 8.30. The maximum atomic E-state index is 6.05. The molecule has 0 amide bonds. The van der Waals surface area contributed by atoms with Crippen molar-refractivity contribution >= 4 is 11.3 Å². The lowest BCUT2D eigenvalue weighted by atomic mass is 9.76. The second kappa shape index (κ2) is 8.19. The van der Waals surface area contributed by atoms with Gasteiger partial charge in [-0.2, -0.15) is 0 Å². The summed E-state index contributed by atoms with van der Waals surface area (Å²) in [6, 6.07) is 9.10. The summed E-state index contributed by atoms with van der Waals surface area (Å²) in [4.78, 5) is 2.70. The fourth-order valence-corrected chi connectivity index (χ4v) is 6.59. The van der Waals surface area contributed by atoms with Crippen molar-refractivity contribution < 1.29 is 18.9 Å². The quantitative estimate of drug-likeness (QED) is 0.545. The number of hydrogen-bond acceptors (Lipinski definition) is 5. The zero-order chi connectivity index (χ0) is 22.5. The molecule has 1 fully saturated rings. The molecule has 0 saturated heterocycles. The molecule has 2 aromatic carbocycles. The van der Waals surface area contributed by atoms with Gasteiger partial charge < -0.3 is 23.8 Å². The Morgan fingerprint density at radius 3 is 2.52 bits per heavy atom. The van der Waals surface area contributed by atoms with Gasteiger partial charge in [0, 0.05) is 23.4 Å². The molecule has 0 bridgehead atoms. The van der Waals surface area contributed by atoms with E-state index in [1.165, 1.54) is 59.2 Å². The summed E-state index contributed by atoms with van der Waals surface area (Å²) < 4.78 is 23.3. The molecular weight excluding hydrogens is 414 g/mol. The van der Waals surface area contributed by atoms with Crippen LogP contribution in [0.3, 0.4) is 0 Å². The van der Waals surface area contributed by atoms with Crippen LogP contribution in [0.5, 0.6) is 23.0 Å². The summed E-state index contributed by atoms with van der Waals surface area (Å²) in [5.74, 6) is 4.12. The molecule has 5 heteroatoms. The number of nitrogens with zero attached hydrogens (tertiary/aromatic N) is 1. The van der Waals surface area contributed by atoms with Crippen LogP contribution in [0.4, 0.5) is 0 Å². The van der Waals surface area contributed by atoms with Gasteiger partial charge in [0.1, 0.15) is 0 Å². The van der Waals surface area contributed by atoms with Crippen LogP contribution in [0.25, 0.3) is 11.3 Å². The third kappa shape index (κ3) is 3.12. The largest absolute Gasteiger partial charge is 0.493 e. The summed E-state index contributed by atoms with van der Waals surface area (Å²) >= 11 is 0. The van der Waals surface area contributed by atoms with Crippen LogP contribution >= 0.6 is 0 Å². The van der Waals surface area contributed by atoms with Crippen LogP contribution in [0.1, 0.15) is 73.7 Å². The molecule has 1 saturated carbocycles. The van der Waals surface area contributed by atoms with Crippen LogP contribution in [0.2, 0.25) is 0 Å². The van der Waals surface area contributed by atoms with Gasteiger partial charge in [-0.1, -0.05) is 32.3 Å². The van der Waals surface area contributed by atoms with Crippen molar-refractivity contribution in [3.8, 4) is 23.0 Å². The lowest BCUT2D eigenvalue weighted by molar-refractivity contribution is 0.174. The number of fused-ring (bicyclic) bond motifs is 5. The minimum atomic E-state index is 0.307. The van der Waals surface area contributed by atoms with Gasteiger partial charge in [-0.15, -0.1) is 0 Å². The number of methoxy groups -OCH3 is 2. The summed E-state index contributed by atoms with van der Waals surface area (Å²) in [5.41, 5.74) is 8.17. The molecule has 4 aliphatic rings. The van der Waals surface area contributed by atoms with Crippen molar-refractivity contribution in [1.29, 1.82) is 0 Å². The summed E-state index contributed by atoms with van der Waals surface area (Å²) in [7, 11) is 3.53. The van der Waals surface area contributed by atoms with Gasteiger partial charge >= 0.3 is 0 Å². The van der Waals surface area contributed by atoms with Crippen molar-refractivity contribution in [2.45, 2.75) is 57.9 Å². The van der Waals surface area contributed by atoms with Crippen molar-refractivity contribution in [1.82, 2.24) is 4.90 Å². The Balaban J connectivity index is 1.63. The van der Waals surface area contributed by atoms with Gasteiger partial charge in [0.05, 0.1) is 20.3 Å². The first-order valence-electron chi connectivity index (χ1n) is 12.4. The molecule has 174 valence electrons. The number of hydrogen-bond donors (Lipinski definition) is 0. The maximum absolute atomic E-state index is 6.05. The van der Waals surface area contributed by atoms with Gasteiger partial charge in [0.25, 0.3) is 0 Å². The minimum Gasteiger partial charge on any atom is -0.493 e. The molecule has 1 atom stereocenters. The number of ether oxygens (including phenoxy) is 4.